The van der Waals surface area contributed by atoms with Crippen LogP contribution in [-0.2, 0) is 18.8 Å². The zero-order chi connectivity index (χ0) is 40.5. The van der Waals surface area contributed by atoms with Crippen molar-refractivity contribution in [1.82, 2.24) is 4.90 Å². The third-order valence-corrected chi connectivity index (χ3v) is 12.6. The van der Waals surface area contributed by atoms with Gasteiger partial charge in [-0.15, -0.1) is 11.8 Å². The molecular weight excluding hydrogens is 715 g/mol. The molecule has 2 atom stereocenters. The van der Waals surface area contributed by atoms with Crippen molar-refractivity contribution in [3.63, 3.8) is 0 Å². The number of hydrogen-bond acceptors (Lipinski definition) is 7. The van der Waals surface area contributed by atoms with Crippen molar-refractivity contribution in [3.8, 4) is 0 Å². The Morgan fingerprint density at radius 1 is 0.704 bits per heavy atom. The molecule has 0 fully saturated rings. The number of nitrogens with zero attached hydrogens (tertiary/aromatic N) is 1. The Morgan fingerprint density at radius 3 is 1.93 bits per heavy atom. The van der Waals surface area contributed by atoms with Gasteiger partial charge in [-0.2, -0.15) is 0 Å². The monoisotopic (exact) mass is 796 g/mol. The summed E-state index contributed by atoms with van der Waals surface area (Å²) >= 11 is 1.64. The minimum atomic E-state index is -1.72. The normalized spacial score (nSPS) is 13.3. The molecule has 0 bridgehead atoms. The number of carbonyl (C=O) groups is 2. The van der Waals surface area contributed by atoms with Crippen molar-refractivity contribution in [2.75, 3.05) is 25.4 Å². The van der Waals surface area contributed by atoms with E-state index in [4.69, 9.17) is 24.5 Å². The largest absolute Gasteiger partial charge is 0.480 e. The number of thioether (sulfide) groups is 1. The zero-order valence-electron chi connectivity index (χ0n) is 35.2. The van der Waals surface area contributed by atoms with Crippen molar-refractivity contribution < 1.29 is 34.1 Å². The Kier molecular flexibility index (Phi) is 40.3. The van der Waals surface area contributed by atoms with Crippen LogP contribution < -0.4 is 0 Å². The maximum Gasteiger partial charge on any atom is 0.328 e. The summed E-state index contributed by atoms with van der Waals surface area (Å²) in [6, 6.07) is 1.14. The van der Waals surface area contributed by atoms with Crippen LogP contribution in [0.4, 0.5) is 0 Å². The molecule has 0 saturated heterocycles. The van der Waals surface area contributed by atoms with E-state index < -0.39 is 20.3 Å². The van der Waals surface area contributed by atoms with E-state index in [-0.39, 0.29) is 18.1 Å². The van der Waals surface area contributed by atoms with Gasteiger partial charge in [0.25, 0.3) is 0 Å². The number of rotatable bonds is 36. The van der Waals surface area contributed by atoms with E-state index in [0.717, 1.165) is 75.8 Å². The maximum absolute atomic E-state index is 11.1. The lowest BCUT2D eigenvalue weighted by Crippen LogP contribution is -2.36. The molecule has 8 nitrogen and oxygen atoms in total. The lowest BCUT2D eigenvalue weighted by Gasteiger charge is -2.28. The molecule has 0 aliphatic heterocycles. The molecule has 0 radical (unpaired) electrons. The van der Waals surface area contributed by atoms with Gasteiger partial charge in [-0.05, 0) is 75.3 Å². The number of allylic oxidation sites excluding steroid dienone is 6. The molecule has 0 amide bonds. The second-order valence-corrected chi connectivity index (χ2v) is 20.0. The van der Waals surface area contributed by atoms with E-state index in [9.17, 15) is 9.59 Å². The molecule has 0 aliphatic carbocycles. The number of aliphatic carboxylic acids is 2. The van der Waals surface area contributed by atoms with Gasteiger partial charge < -0.3 is 29.4 Å². The highest BCUT2D eigenvalue weighted by molar-refractivity contribution is 8.00. The molecule has 0 saturated carbocycles. The molecule has 54 heavy (non-hydrogen) atoms. The Balaban J connectivity index is 0. The molecule has 10 heteroatoms. The van der Waals surface area contributed by atoms with E-state index in [1.54, 1.807) is 24.1 Å². The van der Waals surface area contributed by atoms with Crippen LogP contribution in [0.5, 0.6) is 0 Å². The first kappa shape index (κ1) is 53.8. The first-order valence-corrected chi connectivity index (χ1v) is 25.3. The Labute approximate surface area is 336 Å². The van der Waals surface area contributed by atoms with Crippen molar-refractivity contribution in [2.24, 2.45) is 0 Å². The summed E-state index contributed by atoms with van der Waals surface area (Å²) in [5.74, 6) is -0.580. The summed E-state index contributed by atoms with van der Waals surface area (Å²) in [6.45, 7) is 15.0. The first-order chi connectivity index (χ1) is 26.1. The van der Waals surface area contributed by atoms with E-state index in [1.165, 1.54) is 76.7 Å². The van der Waals surface area contributed by atoms with Gasteiger partial charge in [-0.3, -0.25) is 4.79 Å². The molecule has 0 rings (SSSR count). The molecular formula is C44H81NO7SSi. The average Bonchev–Trinajstić information content (AvgIpc) is 3.12. The van der Waals surface area contributed by atoms with Gasteiger partial charge in [-0.25, -0.2) is 4.79 Å². The van der Waals surface area contributed by atoms with Gasteiger partial charge in [0.1, 0.15) is 5.25 Å². The van der Waals surface area contributed by atoms with Gasteiger partial charge in [0.2, 0.25) is 0 Å². The number of aliphatic hydroxyl groups excluding tert-OH is 1. The number of carboxylic acid groups (broad SMARTS) is 2. The van der Waals surface area contributed by atoms with Crippen molar-refractivity contribution in [2.45, 2.75) is 180 Å². The fourth-order valence-electron chi connectivity index (χ4n) is 5.60. The van der Waals surface area contributed by atoms with Crippen molar-refractivity contribution in [1.29, 1.82) is 0 Å². The lowest BCUT2D eigenvalue weighted by molar-refractivity contribution is -0.136. The highest BCUT2D eigenvalue weighted by atomic mass is 32.2. The highest BCUT2D eigenvalue weighted by Gasteiger charge is 2.26. The van der Waals surface area contributed by atoms with Gasteiger partial charge in [0.15, 0.2) is 14.6 Å². The predicted octanol–water partition coefficient (Wildman–Crippen LogP) is 12.3. The summed E-state index contributed by atoms with van der Waals surface area (Å²) in [6.07, 6.45) is 39.2. The van der Waals surface area contributed by atoms with E-state index in [0.29, 0.717) is 6.54 Å². The van der Waals surface area contributed by atoms with Gasteiger partial charge >= 0.3 is 11.9 Å². The number of unbranched alkanes of at least 4 members (excludes halogenated alkanes) is 12. The molecule has 0 aromatic heterocycles. The first-order valence-electron chi connectivity index (χ1n) is 21.1. The van der Waals surface area contributed by atoms with Crippen LogP contribution in [-0.4, -0.2) is 77.5 Å². The summed E-state index contributed by atoms with van der Waals surface area (Å²) in [5.41, 5.74) is 0. The Morgan fingerprint density at radius 2 is 1.31 bits per heavy atom. The topological polar surface area (TPSA) is 117 Å². The third kappa shape index (κ3) is 39.4. The summed E-state index contributed by atoms with van der Waals surface area (Å²) in [7, 11) is -1.72. The van der Waals surface area contributed by atoms with Crippen LogP contribution in [0.25, 0.3) is 0 Å². The van der Waals surface area contributed by atoms with Crippen LogP contribution in [0.1, 0.15) is 150 Å². The minimum Gasteiger partial charge on any atom is -0.480 e. The molecule has 0 aliphatic rings. The summed E-state index contributed by atoms with van der Waals surface area (Å²) < 4.78 is 12.4. The van der Waals surface area contributed by atoms with Crippen LogP contribution in [0.2, 0.25) is 19.1 Å². The Bertz CT molecular complexity index is 1010. The number of aliphatic hydroxyl groups is 1. The number of ether oxygens (including phenoxy) is 1. The average molecular weight is 796 g/mol. The van der Waals surface area contributed by atoms with E-state index in [1.807, 2.05) is 36.6 Å². The molecule has 0 aromatic carbocycles. The van der Waals surface area contributed by atoms with Crippen LogP contribution in [0, 0.1) is 0 Å². The quantitative estimate of drug-likeness (QED) is 0.0142. The second-order valence-electron chi connectivity index (χ2n) is 14.5. The third-order valence-electron chi connectivity index (χ3n) is 8.63. The zero-order valence-corrected chi connectivity index (χ0v) is 37.0. The molecule has 0 heterocycles. The van der Waals surface area contributed by atoms with Crippen LogP contribution >= 0.6 is 11.8 Å². The minimum absolute atomic E-state index is 0.173. The van der Waals surface area contributed by atoms with Crippen LogP contribution in [0.3, 0.4) is 0 Å². The predicted molar refractivity (Wildman–Crippen MR) is 235 cm³/mol. The maximum atomic E-state index is 11.1. The lowest BCUT2D eigenvalue weighted by atomic mass is 10.1. The summed E-state index contributed by atoms with van der Waals surface area (Å²) in [5, 5.41) is 26.7. The van der Waals surface area contributed by atoms with Gasteiger partial charge in [0, 0.05) is 32.2 Å². The molecule has 0 spiro atoms. The highest BCUT2D eigenvalue weighted by Crippen LogP contribution is 2.22. The smallest absolute Gasteiger partial charge is 0.328 e. The molecule has 0 aromatic rings. The fraction of sp³-hybridized carbons (Fsp3) is 0.727. The molecule has 314 valence electrons. The standard InChI is InChI=1S/C29H51NO5Si.C15H30O2S/c1-5-7-8-9-14-21-29(35-36(3,4)27-6-2)34-26-19-11-10-15-22-30(24-17-18-25-31)23-16-12-13-20-28(32)33;1-3-5-7-8-9-10-12-14(15(16)17)18-13-11-6-4-2/h10-13,15-16,19-20,22,26,29,31H,5-9,14,17-18,21,23-25,27H2,1-4H3,(H,32,33);14H,3-13H2,1-2H3,(H,16,17). The fourth-order valence-corrected chi connectivity index (χ4v) is 8.93. The van der Waals surface area contributed by atoms with Crippen LogP contribution in [0.15, 0.2) is 61.1 Å². The SMILES string of the molecule is CCCCCCCC(OC=CC=CC=CN(CC=CC=CC(=O)O)CCCCO)O[Si](C)(C)CCC.CCCCCCCCC(SCCCCC)C(=O)O. The molecule has 3 N–H and O–H groups in total. The van der Waals surface area contributed by atoms with Gasteiger partial charge in [-0.1, -0.05) is 142 Å². The van der Waals surface area contributed by atoms with Gasteiger partial charge in [0.05, 0.1) is 6.26 Å². The van der Waals surface area contributed by atoms with Crippen molar-refractivity contribution >= 4 is 32.0 Å². The number of carboxylic acids is 2. The second kappa shape index (κ2) is 40.4. The number of hydrogen-bond donors (Lipinski definition) is 3. The van der Waals surface area contributed by atoms with E-state index in [2.05, 4.69) is 45.7 Å². The Hall–Kier alpha value is -2.27. The van der Waals surface area contributed by atoms with Crippen molar-refractivity contribution in [3.05, 3.63) is 61.1 Å². The molecule has 2 unspecified atom stereocenters. The van der Waals surface area contributed by atoms with E-state index >= 15 is 0 Å². The summed E-state index contributed by atoms with van der Waals surface area (Å²) in [4.78, 5) is 23.8.